The third-order valence-corrected chi connectivity index (χ3v) is 4.29. The van der Waals surface area contributed by atoms with Crippen LogP contribution in [0.4, 0.5) is 13.6 Å². The van der Waals surface area contributed by atoms with Crippen LogP contribution in [0.25, 0.3) is 0 Å². The molecule has 0 saturated carbocycles. The standard InChI is InChI=1S/C18H26F2N2O2/c1-18(2,3)24-17(23)22-8-4-5-12(11-22)15(10-21)14-7-6-13(19)9-16(14)20/h6-7,9,12,15H,4-5,8,10-11,21H2,1-3H3. The zero-order valence-electron chi connectivity index (χ0n) is 14.5. The molecule has 2 unspecified atom stereocenters. The summed E-state index contributed by atoms with van der Waals surface area (Å²) >= 11 is 0. The van der Waals surface area contributed by atoms with Crippen molar-refractivity contribution in [3.8, 4) is 0 Å². The van der Waals surface area contributed by atoms with E-state index in [1.54, 1.807) is 4.90 Å². The van der Waals surface area contributed by atoms with Crippen molar-refractivity contribution in [2.24, 2.45) is 11.7 Å². The summed E-state index contributed by atoms with van der Waals surface area (Å²) in [6.07, 6.45) is 1.30. The van der Waals surface area contributed by atoms with Crippen LogP contribution in [0.1, 0.15) is 45.1 Å². The fourth-order valence-corrected chi connectivity index (χ4v) is 3.21. The minimum absolute atomic E-state index is 0.0243. The van der Waals surface area contributed by atoms with Gasteiger partial charge in [0.15, 0.2) is 0 Å². The van der Waals surface area contributed by atoms with Crippen LogP contribution in [0.3, 0.4) is 0 Å². The lowest BCUT2D eigenvalue weighted by molar-refractivity contribution is 0.0152. The van der Waals surface area contributed by atoms with E-state index in [-0.39, 0.29) is 24.5 Å². The molecular formula is C18H26F2N2O2. The molecule has 2 N–H and O–H groups in total. The molecule has 0 radical (unpaired) electrons. The molecule has 4 nitrogen and oxygen atoms in total. The highest BCUT2D eigenvalue weighted by molar-refractivity contribution is 5.68. The summed E-state index contributed by atoms with van der Waals surface area (Å²) in [6.45, 7) is 6.80. The van der Waals surface area contributed by atoms with Crippen molar-refractivity contribution in [2.45, 2.75) is 45.1 Å². The fraction of sp³-hybridized carbons (Fsp3) is 0.611. The number of hydrogen-bond donors (Lipinski definition) is 1. The maximum absolute atomic E-state index is 14.1. The van der Waals surface area contributed by atoms with E-state index in [1.165, 1.54) is 12.1 Å². The number of likely N-dealkylation sites (tertiary alicyclic amines) is 1. The van der Waals surface area contributed by atoms with Gasteiger partial charge in [-0.05, 0) is 57.7 Å². The number of nitrogens with two attached hydrogens (primary N) is 1. The van der Waals surface area contributed by atoms with Gasteiger partial charge in [-0.15, -0.1) is 0 Å². The first-order valence-electron chi connectivity index (χ1n) is 8.34. The van der Waals surface area contributed by atoms with E-state index in [0.29, 0.717) is 18.7 Å². The van der Waals surface area contributed by atoms with Crippen molar-refractivity contribution >= 4 is 6.09 Å². The molecule has 0 aliphatic carbocycles. The highest BCUT2D eigenvalue weighted by atomic mass is 19.1. The van der Waals surface area contributed by atoms with Gasteiger partial charge >= 0.3 is 6.09 Å². The van der Waals surface area contributed by atoms with Crippen LogP contribution < -0.4 is 5.73 Å². The third-order valence-electron chi connectivity index (χ3n) is 4.29. The number of benzene rings is 1. The second kappa shape index (κ2) is 7.47. The summed E-state index contributed by atoms with van der Waals surface area (Å²) in [4.78, 5) is 13.9. The minimum Gasteiger partial charge on any atom is -0.444 e. The van der Waals surface area contributed by atoms with E-state index in [1.807, 2.05) is 20.8 Å². The smallest absolute Gasteiger partial charge is 0.410 e. The molecule has 1 saturated heterocycles. The Morgan fingerprint density at radius 3 is 2.71 bits per heavy atom. The van der Waals surface area contributed by atoms with Crippen molar-refractivity contribution in [3.63, 3.8) is 0 Å². The van der Waals surface area contributed by atoms with E-state index in [4.69, 9.17) is 10.5 Å². The second-order valence-electron chi connectivity index (χ2n) is 7.34. The van der Waals surface area contributed by atoms with Gasteiger partial charge in [-0.1, -0.05) is 6.07 Å². The van der Waals surface area contributed by atoms with Crippen molar-refractivity contribution < 1.29 is 18.3 Å². The van der Waals surface area contributed by atoms with Gasteiger partial charge in [0, 0.05) is 25.1 Å². The first kappa shape index (κ1) is 18.6. The minimum atomic E-state index is -0.606. The van der Waals surface area contributed by atoms with E-state index in [0.717, 1.165) is 18.9 Å². The Labute approximate surface area is 142 Å². The lowest BCUT2D eigenvalue weighted by Crippen LogP contribution is -2.45. The van der Waals surface area contributed by atoms with Gasteiger partial charge in [0.25, 0.3) is 0 Å². The summed E-state index contributed by atoms with van der Waals surface area (Å²) in [5.74, 6) is -1.42. The lowest BCUT2D eigenvalue weighted by atomic mass is 9.81. The normalized spacial score (nSPS) is 19.9. The van der Waals surface area contributed by atoms with Gasteiger partial charge in [0.2, 0.25) is 0 Å². The molecule has 1 fully saturated rings. The summed E-state index contributed by atoms with van der Waals surface area (Å²) in [5, 5.41) is 0. The summed E-state index contributed by atoms with van der Waals surface area (Å²) in [5.41, 5.74) is 5.73. The average molecular weight is 340 g/mol. The fourth-order valence-electron chi connectivity index (χ4n) is 3.21. The molecule has 0 aromatic heterocycles. The Balaban J connectivity index is 2.13. The molecule has 2 atom stereocenters. The van der Waals surface area contributed by atoms with Crippen LogP contribution in [0.15, 0.2) is 18.2 Å². The number of amides is 1. The number of rotatable bonds is 3. The number of carbonyl (C=O) groups excluding carboxylic acids is 1. The topological polar surface area (TPSA) is 55.6 Å². The Morgan fingerprint density at radius 2 is 2.12 bits per heavy atom. The summed E-state index contributed by atoms with van der Waals surface area (Å²) in [7, 11) is 0. The molecule has 134 valence electrons. The van der Waals surface area contributed by atoms with Crippen LogP contribution in [0.5, 0.6) is 0 Å². The number of halogens is 2. The van der Waals surface area contributed by atoms with E-state index in [2.05, 4.69) is 0 Å². The first-order chi connectivity index (χ1) is 11.2. The van der Waals surface area contributed by atoms with Crippen LogP contribution in [0.2, 0.25) is 0 Å². The molecule has 2 rings (SSSR count). The second-order valence-corrected chi connectivity index (χ2v) is 7.34. The highest BCUT2D eigenvalue weighted by Gasteiger charge is 2.32. The Kier molecular flexibility index (Phi) is 5.80. The Bertz CT molecular complexity index is 587. The maximum atomic E-state index is 14.1. The van der Waals surface area contributed by atoms with Crippen LogP contribution >= 0.6 is 0 Å². The van der Waals surface area contributed by atoms with Gasteiger partial charge in [-0.3, -0.25) is 0 Å². The van der Waals surface area contributed by atoms with Gasteiger partial charge < -0.3 is 15.4 Å². The molecule has 1 aromatic carbocycles. The molecule has 1 amide bonds. The number of piperidine rings is 1. The molecule has 0 spiro atoms. The van der Waals surface area contributed by atoms with Gasteiger partial charge in [-0.2, -0.15) is 0 Å². The van der Waals surface area contributed by atoms with Crippen LogP contribution in [0, 0.1) is 17.6 Å². The quantitative estimate of drug-likeness (QED) is 0.914. The Hall–Kier alpha value is -1.69. The van der Waals surface area contributed by atoms with E-state index in [9.17, 15) is 13.6 Å². The predicted octanol–water partition coefficient (Wildman–Crippen LogP) is 3.65. The summed E-state index contributed by atoms with van der Waals surface area (Å²) in [6, 6.07) is 3.58. The molecule has 0 bridgehead atoms. The highest BCUT2D eigenvalue weighted by Crippen LogP contribution is 2.33. The zero-order valence-corrected chi connectivity index (χ0v) is 14.5. The van der Waals surface area contributed by atoms with E-state index < -0.39 is 17.2 Å². The maximum Gasteiger partial charge on any atom is 0.410 e. The number of ether oxygens (including phenoxy) is 1. The van der Waals surface area contributed by atoms with Gasteiger partial charge in [0.1, 0.15) is 17.2 Å². The van der Waals surface area contributed by atoms with Crippen molar-refractivity contribution in [2.75, 3.05) is 19.6 Å². The monoisotopic (exact) mass is 340 g/mol. The molecule has 1 aliphatic heterocycles. The van der Waals surface area contributed by atoms with Gasteiger partial charge in [0.05, 0.1) is 0 Å². The molecule has 1 heterocycles. The number of carbonyl (C=O) groups is 1. The van der Waals surface area contributed by atoms with Gasteiger partial charge in [-0.25, -0.2) is 13.6 Å². The third kappa shape index (κ3) is 4.66. The van der Waals surface area contributed by atoms with Crippen LogP contribution in [-0.2, 0) is 4.74 Å². The first-order valence-corrected chi connectivity index (χ1v) is 8.34. The van der Waals surface area contributed by atoms with Crippen molar-refractivity contribution in [3.05, 3.63) is 35.4 Å². The number of hydrogen-bond acceptors (Lipinski definition) is 3. The predicted molar refractivity (Wildman–Crippen MR) is 88.7 cm³/mol. The zero-order chi connectivity index (χ0) is 17.9. The molecular weight excluding hydrogens is 314 g/mol. The molecule has 6 heteroatoms. The Morgan fingerprint density at radius 1 is 1.42 bits per heavy atom. The molecule has 1 aliphatic rings. The SMILES string of the molecule is CC(C)(C)OC(=O)N1CCCC(C(CN)c2ccc(F)cc2F)C1. The lowest BCUT2D eigenvalue weighted by Gasteiger charge is -2.37. The largest absolute Gasteiger partial charge is 0.444 e. The molecule has 24 heavy (non-hydrogen) atoms. The average Bonchev–Trinajstić information content (AvgIpc) is 2.49. The van der Waals surface area contributed by atoms with E-state index >= 15 is 0 Å². The molecule has 1 aromatic rings. The van der Waals surface area contributed by atoms with Crippen molar-refractivity contribution in [1.29, 1.82) is 0 Å². The summed E-state index contributed by atoms with van der Waals surface area (Å²) < 4.78 is 32.7. The number of nitrogens with zero attached hydrogens (tertiary/aromatic N) is 1. The van der Waals surface area contributed by atoms with Crippen molar-refractivity contribution in [1.82, 2.24) is 4.90 Å². The van der Waals surface area contributed by atoms with Crippen LogP contribution in [-0.4, -0.2) is 36.2 Å².